The van der Waals surface area contributed by atoms with Crippen molar-refractivity contribution in [3.05, 3.63) is 89.0 Å². The van der Waals surface area contributed by atoms with E-state index in [0.29, 0.717) is 41.7 Å². The Bertz CT molecular complexity index is 1290. The van der Waals surface area contributed by atoms with E-state index in [-0.39, 0.29) is 11.3 Å². The molecule has 0 radical (unpaired) electrons. The van der Waals surface area contributed by atoms with Gasteiger partial charge in [0.2, 0.25) is 0 Å². The molecule has 1 fully saturated rings. The summed E-state index contributed by atoms with van der Waals surface area (Å²) < 4.78 is 16.9. The highest BCUT2D eigenvalue weighted by Gasteiger charge is 2.36. The largest absolute Gasteiger partial charge is 0.493 e. The van der Waals surface area contributed by atoms with Crippen LogP contribution in [0.3, 0.4) is 0 Å². The van der Waals surface area contributed by atoms with Crippen molar-refractivity contribution < 1.29 is 28.6 Å². The molecule has 4 rings (SSSR count). The van der Waals surface area contributed by atoms with Crippen LogP contribution in [-0.4, -0.2) is 38.2 Å². The average molecular weight is 507 g/mol. The van der Waals surface area contributed by atoms with Crippen molar-refractivity contribution in [1.82, 2.24) is 5.32 Å². The summed E-state index contributed by atoms with van der Waals surface area (Å²) in [4.78, 5) is 38.7. The number of imide groups is 2. The fourth-order valence-electron chi connectivity index (χ4n) is 3.49. The van der Waals surface area contributed by atoms with E-state index < -0.39 is 17.8 Å². The van der Waals surface area contributed by atoms with Crippen LogP contribution in [0, 0.1) is 0 Å². The summed E-state index contributed by atoms with van der Waals surface area (Å²) >= 11 is 5.90. The Kier molecular flexibility index (Phi) is 7.87. The molecule has 9 heteroatoms. The van der Waals surface area contributed by atoms with E-state index in [0.717, 1.165) is 10.6 Å². The van der Waals surface area contributed by atoms with Crippen LogP contribution in [0.25, 0.3) is 6.08 Å². The minimum atomic E-state index is -0.831. The highest BCUT2D eigenvalue weighted by Crippen LogP contribution is 2.30. The molecule has 4 amide bonds. The van der Waals surface area contributed by atoms with Gasteiger partial charge in [0.15, 0.2) is 11.5 Å². The van der Waals surface area contributed by atoms with Crippen molar-refractivity contribution in [1.29, 1.82) is 0 Å². The summed E-state index contributed by atoms with van der Waals surface area (Å²) in [6.45, 7) is 0.902. The maximum Gasteiger partial charge on any atom is 0.335 e. The number of rotatable bonds is 9. The van der Waals surface area contributed by atoms with Crippen LogP contribution in [-0.2, 0) is 9.59 Å². The molecule has 1 aliphatic rings. The fourth-order valence-corrected chi connectivity index (χ4v) is 3.62. The lowest BCUT2D eigenvalue weighted by Gasteiger charge is -2.26. The Hall–Kier alpha value is -4.30. The molecule has 1 saturated heterocycles. The summed E-state index contributed by atoms with van der Waals surface area (Å²) in [7, 11) is 1.50. The first-order valence-corrected chi connectivity index (χ1v) is 11.5. The van der Waals surface area contributed by atoms with Crippen molar-refractivity contribution in [2.24, 2.45) is 0 Å². The van der Waals surface area contributed by atoms with Gasteiger partial charge in [0, 0.05) is 11.4 Å². The molecule has 8 nitrogen and oxygen atoms in total. The normalized spacial score (nSPS) is 14.6. The van der Waals surface area contributed by atoms with Crippen molar-refractivity contribution in [2.45, 2.75) is 6.42 Å². The lowest BCUT2D eigenvalue weighted by molar-refractivity contribution is -0.122. The van der Waals surface area contributed by atoms with E-state index in [1.165, 1.54) is 25.3 Å². The number of barbiturate groups is 1. The predicted molar refractivity (Wildman–Crippen MR) is 135 cm³/mol. The van der Waals surface area contributed by atoms with Gasteiger partial charge in [-0.3, -0.25) is 14.9 Å². The first-order valence-electron chi connectivity index (χ1n) is 11.1. The molecule has 0 unspecified atom stereocenters. The second-order valence-electron chi connectivity index (χ2n) is 7.71. The minimum Gasteiger partial charge on any atom is -0.493 e. The van der Waals surface area contributed by atoms with Gasteiger partial charge in [-0.25, -0.2) is 9.69 Å². The standard InChI is InChI=1S/C27H23ClN2O6/c1-34-24-17-18(8-13-23(24)36-15-5-14-35-21-6-3-2-4-7-21)16-22-25(31)29-27(33)30(26(22)32)20-11-9-19(28)10-12-20/h2-4,6-13,16-17H,5,14-15H2,1H3,(H,29,31,33). The van der Waals surface area contributed by atoms with E-state index in [1.807, 2.05) is 30.3 Å². The summed E-state index contributed by atoms with van der Waals surface area (Å²) in [5, 5.41) is 2.65. The molecule has 0 spiro atoms. The number of nitrogens with zero attached hydrogens (tertiary/aromatic N) is 1. The van der Waals surface area contributed by atoms with Gasteiger partial charge in [-0.2, -0.15) is 0 Å². The van der Waals surface area contributed by atoms with Gasteiger partial charge >= 0.3 is 6.03 Å². The van der Waals surface area contributed by atoms with Gasteiger partial charge in [-0.15, -0.1) is 0 Å². The molecule has 36 heavy (non-hydrogen) atoms. The van der Waals surface area contributed by atoms with Gasteiger partial charge in [-0.1, -0.05) is 35.9 Å². The first-order chi connectivity index (χ1) is 17.5. The monoisotopic (exact) mass is 506 g/mol. The number of amides is 4. The summed E-state index contributed by atoms with van der Waals surface area (Å²) in [6, 6.07) is 19.9. The smallest absolute Gasteiger partial charge is 0.335 e. The third-order valence-electron chi connectivity index (χ3n) is 5.24. The summed E-state index contributed by atoms with van der Waals surface area (Å²) in [5.41, 5.74) is 0.617. The zero-order valence-corrected chi connectivity index (χ0v) is 20.2. The van der Waals surface area contributed by atoms with Crippen LogP contribution in [0.4, 0.5) is 10.5 Å². The van der Waals surface area contributed by atoms with Crippen LogP contribution < -0.4 is 24.4 Å². The first kappa shape index (κ1) is 24.8. The van der Waals surface area contributed by atoms with E-state index in [4.69, 9.17) is 25.8 Å². The van der Waals surface area contributed by atoms with Crippen molar-refractivity contribution in [3.8, 4) is 17.2 Å². The maximum absolute atomic E-state index is 13.0. The van der Waals surface area contributed by atoms with Gasteiger partial charge in [0.05, 0.1) is 26.0 Å². The second kappa shape index (κ2) is 11.4. The van der Waals surface area contributed by atoms with Crippen LogP contribution in [0.15, 0.2) is 78.4 Å². The molecule has 3 aromatic rings. The Morgan fingerprint density at radius 3 is 2.33 bits per heavy atom. The predicted octanol–water partition coefficient (Wildman–Crippen LogP) is 4.86. The topological polar surface area (TPSA) is 94.2 Å². The highest BCUT2D eigenvalue weighted by molar-refractivity contribution is 6.39. The quantitative estimate of drug-likeness (QED) is 0.253. The molecule has 184 valence electrons. The van der Waals surface area contributed by atoms with E-state index in [1.54, 1.807) is 30.3 Å². The lowest BCUT2D eigenvalue weighted by atomic mass is 10.1. The number of urea groups is 1. The van der Waals surface area contributed by atoms with Crippen molar-refractivity contribution in [3.63, 3.8) is 0 Å². The number of carbonyl (C=O) groups is 3. The third-order valence-corrected chi connectivity index (χ3v) is 5.50. The molecule has 0 atom stereocenters. The Balaban J connectivity index is 1.44. The van der Waals surface area contributed by atoms with Gasteiger partial charge < -0.3 is 14.2 Å². The van der Waals surface area contributed by atoms with Crippen LogP contribution in [0.1, 0.15) is 12.0 Å². The number of carbonyl (C=O) groups excluding carboxylic acids is 3. The molecule has 0 saturated carbocycles. The number of halogens is 1. The molecule has 1 N–H and O–H groups in total. The molecular weight excluding hydrogens is 484 g/mol. The number of anilines is 1. The van der Waals surface area contributed by atoms with E-state index in [2.05, 4.69) is 5.32 Å². The Labute approximate surface area is 213 Å². The second-order valence-corrected chi connectivity index (χ2v) is 8.14. The summed E-state index contributed by atoms with van der Waals surface area (Å²) in [6.07, 6.45) is 2.06. The molecule has 0 bridgehead atoms. The zero-order chi connectivity index (χ0) is 25.5. The average Bonchev–Trinajstić information content (AvgIpc) is 2.88. The number of benzene rings is 3. The maximum atomic E-state index is 13.0. The van der Waals surface area contributed by atoms with Crippen LogP contribution in [0.5, 0.6) is 17.2 Å². The van der Waals surface area contributed by atoms with Gasteiger partial charge in [0.25, 0.3) is 11.8 Å². The van der Waals surface area contributed by atoms with Crippen LogP contribution in [0.2, 0.25) is 5.02 Å². The Morgan fingerprint density at radius 2 is 1.61 bits per heavy atom. The number of nitrogens with one attached hydrogen (secondary N) is 1. The third kappa shape index (κ3) is 5.84. The molecular formula is C27H23ClN2O6. The number of ether oxygens (including phenoxy) is 3. The molecule has 1 aliphatic heterocycles. The number of methoxy groups -OCH3 is 1. The van der Waals surface area contributed by atoms with Gasteiger partial charge in [-0.05, 0) is 60.2 Å². The SMILES string of the molecule is COc1cc(C=C2C(=O)NC(=O)N(c3ccc(Cl)cc3)C2=O)ccc1OCCCOc1ccccc1. The fraction of sp³-hybridized carbons (Fsp3) is 0.148. The number of para-hydroxylation sites is 1. The lowest BCUT2D eigenvalue weighted by Crippen LogP contribution is -2.54. The molecule has 3 aromatic carbocycles. The van der Waals surface area contributed by atoms with E-state index >= 15 is 0 Å². The van der Waals surface area contributed by atoms with E-state index in [9.17, 15) is 14.4 Å². The van der Waals surface area contributed by atoms with Gasteiger partial charge in [0.1, 0.15) is 11.3 Å². The minimum absolute atomic E-state index is 0.196. The Morgan fingerprint density at radius 1 is 0.889 bits per heavy atom. The highest BCUT2D eigenvalue weighted by atomic mass is 35.5. The number of hydrogen-bond donors (Lipinski definition) is 1. The zero-order valence-electron chi connectivity index (χ0n) is 19.4. The van der Waals surface area contributed by atoms with Crippen molar-refractivity contribution in [2.75, 3.05) is 25.2 Å². The van der Waals surface area contributed by atoms with Crippen molar-refractivity contribution >= 4 is 41.2 Å². The number of hydrogen-bond acceptors (Lipinski definition) is 6. The summed E-state index contributed by atoms with van der Waals surface area (Å²) in [5.74, 6) is 0.209. The molecule has 0 aliphatic carbocycles. The molecule has 1 heterocycles. The molecule has 0 aromatic heterocycles. The van der Waals surface area contributed by atoms with Crippen LogP contribution >= 0.6 is 11.6 Å².